The van der Waals surface area contributed by atoms with Gasteiger partial charge in [-0.2, -0.15) is 4.98 Å². The molecule has 1 aliphatic heterocycles. The van der Waals surface area contributed by atoms with Gasteiger partial charge in [-0.05, 0) is 0 Å². The molecule has 1 aromatic heterocycles. The number of anilines is 2. The van der Waals surface area contributed by atoms with E-state index in [0.29, 0.717) is 0 Å². The first-order chi connectivity index (χ1) is 9.47. The van der Waals surface area contributed by atoms with Crippen molar-refractivity contribution < 1.29 is 24.8 Å². The van der Waals surface area contributed by atoms with Gasteiger partial charge in [0.25, 0.3) is 11.6 Å². The Hall–Kier alpha value is -1.88. The normalized spacial score (nSPS) is 29.4. The third kappa shape index (κ3) is 2.54. The molecule has 0 aliphatic carbocycles. The Morgan fingerprint density at radius 1 is 1.50 bits per heavy atom. The fraction of sp³-hybridized carbons (Fsp3) is 0.600. The summed E-state index contributed by atoms with van der Waals surface area (Å²) in [6, 6.07) is -0.0563. The number of hydrogen-bond acceptors (Lipinski definition) is 9. The molecule has 0 spiro atoms. The highest BCUT2D eigenvalue weighted by Crippen LogP contribution is 2.23. The fourth-order valence-corrected chi connectivity index (χ4v) is 1.87. The van der Waals surface area contributed by atoms with Crippen LogP contribution in [0.4, 0.5) is 11.5 Å². The molecule has 20 heavy (non-hydrogen) atoms. The lowest BCUT2D eigenvalue weighted by Gasteiger charge is -2.17. The van der Waals surface area contributed by atoms with Crippen LogP contribution in [0.15, 0.2) is 4.79 Å². The number of H-pyrrole nitrogens is 1. The summed E-state index contributed by atoms with van der Waals surface area (Å²) in [5.74, 6) is -0.150. The van der Waals surface area contributed by atoms with E-state index in [1.165, 1.54) is 7.11 Å². The second kappa shape index (κ2) is 5.63. The van der Waals surface area contributed by atoms with E-state index in [0.717, 1.165) is 0 Å². The zero-order valence-corrected chi connectivity index (χ0v) is 10.6. The van der Waals surface area contributed by atoms with Gasteiger partial charge in [0, 0.05) is 0 Å². The minimum absolute atomic E-state index is 0.0563. The van der Waals surface area contributed by atoms with E-state index in [1.54, 1.807) is 0 Å². The topological polar surface area (TPSA) is 163 Å². The molecule has 2 heterocycles. The first kappa shape index (κ1) is 14.5. The van der Waals surface area contributed by atoms with Gasteiger partial charge in [0.1, 0.15) is 24.0 Å². The van der Waals surface area contributed by atoms with Crippen LogP contribution in [-0.2, 0) is 4.74 Å². The highest BCUT2D eigenvalue weighted by molar-refractivity contribution is 5.60. The van der Waals surface area contributed by atoms with E-state index in [-0.39, 0.29) is 17.5 Å². The van der Waals surface area contributed by atoms with E-state index in [4.69, 9.17) is 20.3 Å². The Balaban J connectivity index is 2.21. The largest absolute Gasteiger partial charge is 0.468 e. The molecular weight excluding hydrogens is 272 g/mol. The van der Waals surface area contributed by atoms with Crippen molar-refractivity contribution in [2.75, 3.05) is 24.8 Å². The highest BCUT2D eigenvalue weighted by Gasteiger charge is 2.42. The summed E-state index contributed by atoms with van der Waals surface area (Å²) < 4.78 is 9.92. The van der Waals surface area contributed by atoms with Gasteiger partial charge >= 0.3 is 0 Å². The number of nitrogen functional groups attached to an aromatic ring is 1. The Kier molecular flexibility index (Phi) is 4.09. The van der Waals surface area contributed by atoms with Crippen molar-refractivity contribution in [1.82, 2.24) is 9.97 Å². The van der Waals surface area contributed by atoms with Crippen LogP contribution in [0.3, 0.4) is 0 Å². The number of nitrogens with one attached hydrogen (secondary N) is 2. The lowest BCUT2D eigenvalue weighted by Crippen LogP contribution is -2.38. The standard InChI is InChI=1S/C10H16N4O6/c1-19-10-13-7(11)4(8(18)14-10)12-9-6(17)5(16)3(2-15)20-9/h3,5-6,9,12,15-17H,2H2,1H3,(H3,11,13,14,18)/t3-,5-,6+,9-/m1/s1. The van der Waals surface area contributed by atoms with Gasteiger partial charge in [0.05, 0.1) is 13.7 Å². The number of hydrogen-bond donors (Lipinski definition) is 6. The van der Waals surface area contributed by atoms with Crippen LogP contribution in [0.25, 0.3) is 0 Å². The fourth-order valence-electron chi connectivity index (χ4n) is 1.87. The third-order valence-electron chi connectivity index (χ3n) is 2.95. The average molecular weight is 288 g/mol. The van der Waals surface area contributed by atoms with Crippen LogP contribution in [-0.4, -0.2) is 63.5 Å². The molecular formula is C10H16N4O6. The van der Waals surface area contributed by atoms with E-state index < -0.39 is 36.7 Å². The van der Waals surface area contributed by atoms with Crippen molar-refractivity contribution in [1.29, 1.82) is 0 Å². The van der Waals surface area contributed by atoms with Crippen LogP contribution in [0.1, 0.15) is 0 Å². The molecule has 1 aliphatic rings. The van der Waals surface area contributed by atoms with Gasteiger partial charge in [0.15, 0.2) is 12.0 Å². The summed E-state index contributed by atoms with van der Waals surface area (Å²) in [6.07, 6.45) is -4.65. The SMILES string of the molecule is COc1nc(N)c(N[C@@H]2O[C@H](CO)[C@@H](O)[C@@H]2O)c(=O)[nH]1. The van der Waals surface area contributed by atoms with Crippen molar-refractivity contribution >= 4 is 11.5 Å². The molecule has 7 N–H and O–H groups in total. The molecule has 112 valence electrons. The van der Waals surface area contributed by atoms with Crippen molar-refractivity contribution in [2.45, 2.75) is 24.5 Å². The van der Waals surface area contributed by atoms with Gasteiger partial charge in [-0.3, -0.25) is 9.78 Å². The number of ether oxygens (including phenoxy) is 2. The van der Waals surface area contributed by atoms with Gasteiger partial charge in [0.2, 0.25) is 0 Å². The van der Waals surface area contributed by atoms with Crippen molar-refractivity contribution in [2.24, 2.45) is 0 Å². The molecule has 2 rings (SSSR count). The van der Waals surface area contributed by atoms with E-state index >= 15 is 0 Å². The lowest BCUT2D eigenvalue weighted by molar-refractivity contribution is -0.0153. The van der Waals surface area contributed by atoms with Gasteiger partial charge < -0.3 is 35.8 Å². The minimum atomic E-state index is -1.33. The summed E-state index contributed by atoms with van der Waals surface area (Å²) in [5, 5.41) is 30.9. The predicted octanol–water partition coefficient (Wildman–Crippen LogP) is -2.79. The van der Waals surface area contributed by atoms with Crippen LogP contribution in [0.2, 0.25) is 0 Å². The molecule has 0 saturated carbocycles. The quantitative estimate of drug-likeness (QED) is 0.343. The molecule has 1 aromatic rings. The summed E-state index contributed by atoms with van der Waals surface area (Å²) in [6.45, 7) is -0.469. The van der Waals surface area contributed by atoms with Gasteiger partial charge in [-0.15, -0.1) is 0 Å². The Morgan fingerprint density at radius 2 is 2.20 bits per heavy atom. The van der Waals surface area contributed by atoms with Crippen LogP contribution >= 0.6 is 0 Å². The predicted molar refractivity (Wildman–Crippen MR) is 67.2 cm³/mol. The Bertz CT molecular complexity index is 535. The summed E-state index contributed by atoms with van der Waals surface area (Å²) in [5.41, 5.74) is 4.86. The van der Waals surface area contributed by atoms with E-state index in [9.17, 15) is 15.0 Å². The number of rotatable bonds is 4. The summed E-state index contributed by atoms with van der Waals surface area (Å²) in [7, 11) is 1.32. The molecule has 10 heteroatoms. The van der Waals surface area contributed by atoms with Crippen LogP contribution < -0.4 is 21.3 Å². The maximum Gasteiger partial charge on any atom is 0.298 e. The zero-order chi connectivity index (χ0) is 14.9. The molecule has 1 saturated heterocycles. The van der Waals surface area contributed by atoms with Crippen LogP contribution in [0, 0.1) is 0 Å². The molecule has 4 atom stereocenters. The Morgan fingerprint density at radius 3 is 2.70 bits per heavy atom. The van der Waals surface area contributed by atoms with Crippen molar-refractivity contribution in [3.8, 4) is 6.01 Å². The molecule has 0 radical (unpaired) electrons. The highest BCUT2D eigenvalue weighted by atomic mass is 16.6. The van der Waals surface area contributed by atoms with E-state index in [2.05, 4.69) is 15.3 Å². The number of aliphatic hydroxyl groups excluding tert-OH is 3. The average Bonchev–Trinajstić information content (AvgIpc) is 2.70. The molecule has 1 fully saturated rings. The number of nitrogens with zero attached hydrogens (tertiary/aromatic N) is 1. The maximum absolute atomic E-state index is 11.8. The second-order valence-electron chi connectivity index (χ2n) is 4.24. The number of aromatic amines is 1. The molecule has 0 aromatic carbocycles. The lowest BCUT2D eigenvalue weighted by atomic mass is 10.1. The third-order valence-corrected chi connectivity index (χ3v) is 2.95. The molecule has 10 nitrogen and oxygen atoms in total. The van der Waals surface area contributed by atoms with Crippen LogP contribution in [0.5, 0.6) is 6.01 Å². The number of aromatic nitrogens is 2. The van der Waals surface area contributed by atoms with Crippen molar-refractivity contribution in [3.05, 3.63) is 10.4 Å². The zero-order valence-electron chi connectivity index (χ0n) is 10.6. The summed E-state index contributed by atoms with van der Waals surface area (Å²) in [4.78, 5) is 17.9. The van der Waals surface area contributed by atoms with Gasteiger partial charge in [-0.25, -0.2) is 0 Å². The molecule has 0 unspecified atom stereocenters. The maximum atomic E-state index is 11.8. The molecule has 0 bridgehead atoms. The minimum Gasteiger partial charge on any atom is -0.468 e. The Labute approximate surface area is 113 Å². The smallest absolute Gasteiger partial charge is 0.298 e. The first-order valence-corrected chi connectivity index (χ1v) is 5.80. The van der Waals surface area contributed by atoms with Gasteiger partial charge in [-0.1, -0.05) is 0 Å². The first-order valence-electron chi connectivity index (χ1n) is 5.80. The number of nitrogens with two attached hydrogens (primary N) is 1. The number of methoxy groups -OCH3 is 1. The second-order valence-corrected chi connectivity index (χ2v) is 4.24. The van der Waals surface area contributed by atoms with E-state index in [1.807, 2.05) is 0 Å². The number of aliphatic hydroxyl groups is 3. The summed E-state index contributed by atoms with van der Waals surface area (Å²) >= 11 is 0. The monoisotopic (exact) mass is 288 g/mol. The van der Waals surface area contributed by atoms with Crippen molar-refractivity contribution in [3.63, 3.8) is 0 Å². The molecule has 0 amide bonds.